The maximum absolute atomic E-state index is 13.2. The molecule has 0 bridgehead atoms. The molecule has 1 atom stereocenters. The Bertz CT molecular complexity index is 649. The van der Waals surface area contributed by atoms with Crippen LogP contribution in [0.15, 0.2) is 24.3 Å². The Morgan fingerprint density at radius 2 is 1.95 bits per heavy atom. The summed E-state index contributed by atoms with van der Waals surface area (Å²) in [6, 6.07) is 3.75. The third kappa shape index (κ3) is 3.41. The Morgan fingerprint density at radius 3 is 2.48 bits per heavy atom. The Labute approximate surface area is 118 Å². The summed E-state index contributed by atoms with van der Waals surface area (Å²) in [5.41, 5.74) is -0.246. The molecular weight excluding hydrogens is 288 g/mol. The van der Waals surface area contributed by atoms with Crippen LogP contribution in [-0.2, 0) is 19.6 Å². The molecular formula is C14H14F4N2O. The van der Waals surface area contributed by atoms with Gasteiger partial charge in [0, 0.05) is 19.2 Å². The minimum Gasteiger partial charge on any atom is -0.388 e. The van der Waals surface area contributed by atoms with Crippen molar-refractivity contribution in [3.8, 4) is 0 Å². The van der Waals surface area contributed by atoms with Gasteiger partial charge in [0.15, 0.2) is 0 Å². The fourth-order valence-corrected chi connectivity index (χ4v) is 2.23. The number of benzene rings is 1. The lowest BCUT2D eigenvalue weighted by atomic mass is 9.98. The number of hydrogen-bond donors (Lipinski definition) is 1. The Hall–Kier alpha value is -1.89. The Balaban J connectivity index is 2.36. The van der Waals surface area contributed by atoms with E-state index in [1.807, 2.05) is 0 Å². The van der Waals surface area contributed by atoms with Gasteiger partial charge in [-0.05, 0) is 36.8 Å². The third-order valence-corrected chi connectivity index (χ3v) is 3.18. The van der Waals surface area contributed by atoms with Gasteiger partial charge in [-0.1, -0.05) is 0 Å². The first-order chi connectivity index (χ1) is 9.68. The molecule has 1 heterocycles. The van der Waals surface area contributed by atoms with Crippen LogP contribution in [0.25, 0.3) is 0 Å². The maximum atomic E-state index is 13.2. The number of aryl methyl sites for hydroxylation is 2. The van der Waals surface area contributed by atoms with E-state index in [-0.39, 0.29) is 6.42 Å². The molecule has 114 valence electrons. The summed E-state index contributed by atoms with van der Waals surface area (Å²) in [4.78, 5) is 0. The summed E-state index contributed by atoms with van der Waals surface area (Å²) in [6.45, 7) is 1.74. The van der Waals surface area contributed by atoms with Crippen molar-refractivity contribution in [2.24, 2.45) is 7.05 Å². The van der Waals surface area contributed by atoms with Gasteiger partial charge in [0.25, 0.3) is 0 Å². The lowest BCUT2D eigenvalue weighted by Gasteiger charge is -2.17. The summed E-state index contributed by atoms with van der Waals surface area (Å²) in [6.07, 6.45) is -6.19. The highest BCUT2D eigenvalue weighted by Gasteiger charge is 2.35. The molecule has 1 N–H and O–H groups in total. The zero-order valence-electron chi connectivity index (χ0n) is 11.4. The topological polar surface area (TPSA) is 38.0 Å². The predicted octanol–water partition coefficient (Wildman–Crippen LogP) is 3.16. The van der Waals surface area contributed by atoms with Crippen molar-refractivity contribution in [2.75, 3.05) is 0 Å². The number of aliphatic hydroxyl groups is 1. The minimum atomic E-state index is -4.65. The molecule has 2 rings (SSSR count). The van der Waals surface area contributed by atoms with Gasteiger partial charge in [-0.2, -0.15) is 18.3 Å². The number of aliphatic hydroxyl groups excluding tert-OH is 1. The number of rotatable bonds is 3. The summed E-state index contributed by atoms with van der Waals surface area (Å²) < 4.78 is 53.4. The van der Waals surface area contributed by atoms with Crippen molar-refractivity contribution in [1.29, 1.82) is 0 Å². The normalized spacial score (nSPS) is 13.5. The van der Waals surface area contributed by atoms with Crippen molar-refractivity contribution in [3.05, 3.63) is 52.6 Å². The SMILES string of the molecule is Cc1cc(CC(O)c2cc(F)ccc2C(F)(F)F)n(C)n1. The van der Waals surface area contributed by atoms with Crippen LogP contribution in [0.1, 0.15) is 28.6 Å². The van der Waals surface area contributed by atoms with E-state index < -0.39 is 29.2 Å². The number of hydrogen-bond acceptors (Lipinski definition) is 2. The lowest BCUT2D eigenvalue weighted by Crippen LogP contribution is -2.15. The highest BCUT2D eigenvalue weighted by Crippen LogP contribution is 2.35. The third-order valence-electron chi connectivity index (χ3n) is 3.18. The standard InChI is InChI=1S/C14H14F4N2O/c1-8-5-10(20(2)19-8)7-13(21)11-6-9(15)3-4-12(11)14(16,17)18/h3-6,13,21H,7H2,1-2H3. The quantitative estimate of drug-likeness (QED) is 0.884. The second-order valence-electron chi connectivity index (χ2n) is 4.85. The lowest BCUT2D eigenvalue weighted by molar-refractivity contribution is -0.139. The number of halogens is 4. The van der Waals surface area contributed by atoms with E-state index in [0.29, 0.717) is 17.5 Å². The number of alkyl halides is 3. The molecule has 0 aliphatic rings. The van der Waals surface area contributed by atoms with Gasteiger partial charge < -0.3 is 5.11 Å². The van der Waals surface area contributed by atoms with Crippen molar-refractivity contribution in [3.63, 3.8) is 0 Å². The van der Waals surface area contributed by atoms with Crippen LogP contribution in [0.4, 0.5) is 17.6 Å². The van der Waals surface area contributed by atoms with Gasteiger partial charge in [0.1, 0.15) is 5.82 Å². The van der Waals surface area contributed by atoms with Crippen LogP contribution in [0, 0.1) is 12.7 Å². The molecule has 1 aromatic carbocycles. The summed E-state index contributed by atoms with van der Waals surface area (Å²) in [5.74, 6) is -0.821. The van der Waals surface area contributed by atoms with Gasteiger partial charge in [-0.25, -0.2) is 4.39 Å². The first-order valence-corrected chi connectivity index (χ1v) is 6.22. The van der Waals surface area contributed by atoms with E-state index in [2.05, 4.69) is 5.10 Å². The molecule has 0 fully saturated rings. The molecule has 0 saturated heterocycles. The van der Waals surface area contributed by atoms with E-state index in [1.165, 1.54) is 4.68 Å². The van der Waals surface area contributed by atoms with Gasteiger partial charge in [-0.15, -0.1) is 0 Å². The van der Waals surface area contributed by atoms with Crippen LogP contribution in [0.5, 0.6) is 0 Å². The summed E-state index contributed by atoms with van der Waals surface area (Å²) >= 11 is 0. The smallest absolute Gasteiger partial charge is 0.388 e. The summed E-state index contributed by atoms with van der Waals surface area (Å²) in [7, 11) is 1.63. The first kappa shape index (κ1) is 15.5. The van der Waals surface area contributed by atoms with Gasteiger partial charge in [-0.3, -0.25) is 4.68 Å². The van der Waals surface area contributed by atoms with E-state index in [4.69, 9.17) is 0 Å². The molecule has 3 nitrogen and oxygen atoms in total. The van der Waals surface area contributed by atoms with Crippen molar-refractivity contribution in [1.82, 2.24) is 9.78 Å². The van der Waals surface area contributed by atoms with Gasteiger partial charge >= 0.3 is 6.18 Å². The van der Waals surface area contributed by atoms with E-state index >= 15 is 0 Å². The maximum Gasteiger partial charge on any atom is 0.416 e. The second kappa shape index (κ2) is 5.48. The van der Waals surface area contributed by atoms with E-state index in [1.54, 1.807) is 20.0 Å². The molecule has 1 unspecified atom stereocenters. The van der Waals surface area contributed by atoms with E-state index in [0.717, 1.165) is 12.1 Å². The molecule has 2 aromatic rings. The van der Waals surface area contributed by atoms with Crippen LogP contribution < -0.4 is 0 Å². The van der Waals surface area contributed by atoms with E-state index in [9.17, 15) is 22.7 Å². The molecule has 0 saturated carbocycles. The monoisotopic (exact) mass is 302 g/mol. The van der Waals surface area contributed by atoms with Crippen LogP contribution in [0.3, 0.4) is 0 Å². The number of aromatic nitrogens is 2. The van der Waals surface area contributed by atoms with Crippen LogP contribution in [0.2, 0.25) is 0 Å². The average Bonchev–Trinajstić information content (AvgIpc) is 2.66. The van der Waals surface area contributed by atoms with Crippen molar-refractivity contribution >= 4 is 0 Å². The second-order valence-corrected chi connectivity index (χ2v) is 4.85. The molecule has 1 aromatic heterocycles. The molecule has 0 radical (unpaired) electrons. The zero-order valence-corrected chi connectivity index (χ0v) is 11.4. The zero-order chi connectivity index (χ0) is 15.8. The molecule has 21 heavy (non-hydrogen) atoms. The molecule has 0 amide bonds. The highest BCUT2D eigenvalue weighted by atomic mass is 19.4. The highest BCUT2D eigenvalue weighted by molar-refractivity contribution is 5.33. The Morgan fingerprint density at radius 1 is 1.29 bits per heavy atom. The molecule has 0 spiro atoms. The fraction of sp³-hybridized carbons (Fsp3) is 0.357. The van der Waals surface area contributed by atoms with Crippen LogP contribution >= 0.6 is 0 Å². The summed E-state index contributed by atoms with van der Waals surface area (Å²) in [5, 5.41) is 14.1. The van der Waals surface area contributed by atoms with Gasteiger partial charge in [0.2, 0.25) is 0 Å². The van der Waals surface area contributed by atoms with Crippen LogP contribution in [-0.4, -0.2) is 14.9 Å². The Kier molecular flexibility index (Phi) is 4.04. The largest absolute Gasteiger partial charge is 0.416 e. The van der Waals surface area contributed by atoms with Crippen molar-refractivity contribution < 1.29 is 22.7 Å². The molecule has 7 heteroatoms. The molecule has 0 aliphatic carbocycles. The predicted molar refractivity (Wildman–Crippen MR) is 68.0 cm³/mol. The fourth-order valence-electron chi connectivity index (χ4n) is 2.23. The average molecular weight is 302 g/mol. The first-order valence-electron chi connectivity index (χ1n) is 6.22. The van der Waals surface area contributed by atoms with Crippen molar-refractivity contribution in [2.45, 2.75) is 25.6 Å². The van der Waals surface area contributed by atoms with Gasteiger partial charge in [0.05, 0.1) is 17.4 Å². The minimum absolute atomic E-state index is 0.0795. The number of nitrogens with zero attached hydrogens (tertiary/aromatic N) is 2. The molecule has 0 aliphatic heterocycles.